The second kappa shape index (κ2) is 5.45. The Balaban J connectivity index is 2.93. The number of hydrogen-bond acceptors (Lipinski definition) is 4. The molecule has 106 valence electrons. The van der Waals surface area contributed by atoms with Crippen LogP contribution in [0.1, 0.15) is 33.3 Å². The largest absolute Gasteiger partial charge is 0.389 e. The van der Waals surface area contributed by atoms with E-state index in [0.29, 0.717) is 10.6 Å². The van der Waals surface area contributed by atoms with Gasteiger partial charge in [-0.05, 0) is 39.8 Å². The van der Waals surface area contributed by atoms with E-state index in [-0.39, 0.29) is 12.2 Å². The van der Waals surface area contributed by atoms with Gasteiger partial charge in [0.2, 0.25) is 0 Å². The molecule has 0 bridgehead atoms. The average molecular weight is 287 g/mol. The highest BCUT2D eigenvalue weighted by molar-refractivity contribution is 6.30. The molecule has 1 aromatic carbocycles. The minimum Gasteiger partial charge on any atom is -0.389 e. The van der Waals surface area contributed by atoms with Gasteiger partial charge in [-0.25, -0.2) is 0 Å². The smallest absolute Gasteiger partial charge is 0.275 e. The maximum absolute atomic E-state index is 11.0. The fraction of sp³-hybridized carbons (Fsp3) is 0.538. The van der Waals surface area contributed by atoms with Gasteiger partial charge in [-0.1, -0.05) is 11.6 Å². The molecule has 6 heteroatoms. The molecule has 0 aliphatic carbocycles. The Morgan fingerprint density at radius 2 is 1.95 bits per heavy atom. The molecule has 0 radical (unpaired) electrons. The van der Waals surface area contributed by atoms with Crippen LogP contribution in [0.2, 0.25) is 5.02 Å². The van der Waals surface area contributed by atoms with Crippen LogP contribution in [0, 0.1) is 10.1 Å². The Morgan fingerprint density at radius 3 is 2.42 bits per heavy atom. The van der Waals surface area contributed by atoms with Gasteiger partial charge in [-0.3, -0.25) is 10.1 Å². The first-order valence-corrected chi connectivity index (χ1v) is 6.32. The van der Waals surface area contributed by atoms with Gasteiger partial charge in [0.25, 0.3) is 5.69 Å². The van der Waals surface area contributed by atoms with Crippen LogP contribution in [-0.2, 0) is 6.54 Å². The van der Waals surface area contributed by atoms with Crippen molar-refractivity contribution in [3.8, 4) is 0 Å². The third-order valence-corrected chi connectivity index (χ3v) is 3.73. The standard InChI is InChI=1S/C13H19ClN2O3/c1-12(2,13(3,4)17)15-8-9-5-6-10(14)7-11(9)16(18)19/h5-7,15,17H,8H2,1-4H3. The maximum Gasteiger partial charge on any atom is 0.275 e. The first-order valence-electron chi connectivity index (χ1n) is 5.95. The first-order chi connectivity index (χ1) is 8.54. The van der Waals surface area contributed by atoms with E-state index in [1.807, 2.05) is 13.8 Å². The van der Waals surface area contributed by atoms with Crippen molar-refractivity contribution in [1.29, 1.82) is 0 Å². The van der Waals surface area contributed by atoms with Crippen molar-refractivity contribution in [3.63, 3.8) is 0 Å². The average Bonchev–Trinajstić information content (AvgIpc) is 2.25. The summed E-state index contributed by atoms with van der Waals surface area (Å²) in [5, 5.41) is 24.5. The fourth-order valence-corrected chi connectivity index (χ4v) is 1.56. The van der Waals surface area contributed by atoms with Gasteiger partial charge >= 0.3 is 0 Å². The number of aliphatic hydroxyl groups is 1. The lowest BCUT2D eigenvalue weighted by molar-refractivity contribution is -0.385. The maximum atomic E-state index is 11.0. The molecule has 0 fully saturated rings. The van der Waals surface area contributed by atoms with E-state index >= 15 is 0 Å². The number of benzene rings is 1. The zero-order valence-corrected chi connectivity index (χ0v) is 12.3. The molecular formula is C13H19ClN2O3. The van der Waals surface area contributed by atoms with Crippen LogP contribution < -0.4 is 5.32 Å². The molecule has 1 aromatic rings. The highest BCUT2D eigenvalue weighted by atomic mass is 35.5. The van der Waals surface area contributed by atoms with Gasteiger partial charge in [0.15, 0.2) is 0 Å². The van der Waals surface area contributed by atoms with Crippen LogP contribution in [0.3, 0.4) is 0 Å². The molecule has 5 nitrogen and oxygen atoms in total. The predicted octanol–water partition coefficient (Wildman–Crippen LogP) is 2.89. The summed E-state index contributed by atoms with van der Waals surface area (Å²) in [5.74, 6) is 0. The SMILES string of the molecule is CC(C)(O)C(C)(C)NCc1ccc(Cl)cc1[N+](=O)[O-]. The van der Waals surface area contributed by atoms with Gasteiger partial charge in [0.05, 0.1) is 10.5 Å². The Labute approximate surface area is 117 Å². The highest BCUT2D eigenvalue weighted by Gasteiger charge is 2.34. The van der Waals surface area contributed by atoms with Gasteiger partial charge in [0, 0.05) is 28.7 Å². The van der Waals surface area contributed by atoms with E-state index in [4.69, 9.17) is 11.6 Å². The van der Waals surface area contributed by atoms with Crippen molar-refractivity contribution in [2.24, 2.45) is 0 Å². The third-order valence-electron chi connectivity index (χ3n) is 3.49. The molecule has 0 aliphatic rings. The van der Waals surface area contributed by atoms with Gasteiger partial charge in [-0.2, -0.15) is 0 Å². The number of nitro benzene ring substituents is 1. The van der Waals surface area contributed by atoms with Crippen LogP contribution in [0.15, 0.2) is 18.2 Å². The van der Waals surface area contributed by atoms with Crippen molar-refractivity contribution in [2.45, 2.75) is 45.4 Å². The fourth-order valence-electron chi connectivity index (χ4n) is 1.39. The Bertz CT molecular complexity index is 481. The number of halogens is 1. The second-order valence-corrected chi connectivity index (χ2v) is 6.00. The Hall–Kier alpha value is -1.17. The van der Waals surface area contributed by atoms with E-state index in [2.05, 4.69) is 5.32 Å². The number of nitrogens with one attached hydrogen (secondary N) is 1. The first kappa shape index (κ1) is 15.9. The minimum atomic E-state index is -0.950. The molecule has 0 aliphatic heterocycles. The zero-order valence-electron chi connectivity index (χ0n) is 11.5. The van der Waals surface area contributed by atoms with Crippen molar-refractivity contribution in [3.05, 3.63) is 38.9 Å². The van der Waals surface area contributed by atoms with Crippen LogP contribution in [0.5, 0.6) is 0 Å². The molecule has 0 atom stereocenters. The topological polar surface area (TPSA) is 75.4 Å². The molecule has 0 spiro atoms. The summed E-state index contributed by atoms with van der Waals surface area (Å²) in [6.45, 7) is 7.35. The number of nitrogens with zero attached hydrogens (tertiary/aromatic N) is 1. The third kappa shape index (κ3) is 3.89. The lowest BCUT2D eigenvalue weighted by Crippen LogP contribution is -2.55. The van der Waals surface area contributed by atoms with Crippen LogP contribution in [0.25, 0.3) is 0 Å². The predicted molar refractivity (Wildman–Crippen MR) is 75.3 cm³/mol. The van der Waals surface area contributed by atoms with Crippen molar-refractivity contribution in [1.82, 2.24) is 5.32 Å². The summed E-state index contributed by atoms with van der Waals surface area (Å²) in [6.07, 6.45) is 0. The van der Waals surface area contributed by atoms with E-state index in [1.165, 1.54) is 6.07 Å². The summed E-state index contributed by atoms with van der Waals surface area (Å²) in [7, 11) is 0. The second-order valence-electron chi connectivity index (χ2n) is 5.57. The number of nitro groups is 1. The monoisotopic (exact) mass is 286 g/mol. The van der Waals surface area contributed by atoms with Crippen molar-refractivity contribution < 1.29 is 10.0 Å². The molecule has 0 saturated heterocycles. The summed E-state index contributed by atoms with van der Waals surface area (Å²) in [4.78, 5) is 10.5. The van der Waals surface area contributed by atoms with E-state index in [1.54, 1.807) is 26.0 Å². The molecule has 1 rings (SSSR count). The summed E-state index contributed by atoms with van der Waals surface area (Å²) >= 11 is 5.76. The highest BCUT2D eigenvalue weighted by Crippen LogP contribution is 2.25. The molecule has 19 heavy (non-hydrogen) atoms. The van der Waals surface area contributed by atoms with Crippen molar-refractivity contribution >= 4 is 17.3 Å². The zero-order chi connectivity index (χ0) is 14.8. The van der Waals surface area contributed by atoms with E-state index in [9.17, 15) is 15.2 Å². The number of hydrogen-bond donors (Lipinski definition) is 2. The minimum absolute atomic E-state index is 0.0217. The molecule has 0 aromatic heterocycles. The normalized spacial score (nSPS) is 12.5. The lowest BCUT2D eigenvalue weighted by atomic mass is 9.86. The molecule has 0 unspecified atom stereocenters. The molecular weight excluding hydrogens is 268 g/mol. The lowest BCUT2D eigenvalue weighted by Gasteiger charge is -2.38. The Morgan fingerprint density at radius 1 is 1.37 bits per heavy atom. The van der Waals surface area contributed by atoms with Crippen molar-refractivity contribution in [2.75, 3.05) is 0 Å². The number of rotatable bonds is 5. The summed E-state index contributed by atoms with van der Waals surface area (Å²) in [5.41, 5.74) is -1.02. The van der Waals surface area contributed by atoms with Crippen LogP contribution >= 0.6 is 11.6 Å². The van der Waals surface area contributed by atoms with E-state index < -0.39 is 16.1 Å². The molecule has 2 N–H and O–H groups in total. The van der Waals surface area contributed by atoms with Crippen LogP contribution in [0.4, 0.5) is 5.69 Å². The summed E-state index contributed by atoms with van der Waals surface area (Å²) < 4.78 is 0. The van der Waals surface area contributed by atoms with Gasteiger partial charge in [0.1, 0.15) is 0 Å². The quantitative estimate of drug-likeness (QED) is 0.645. The molecule has 0 heterocycles. The van der Waals surface area contributed by atoms with Gasteiger partial charge < -0.3 is 10.4 Å². The Kier molecular flexibility index (Phi) is 4.55. The molecule has 0 amide bonds. The summed E-state index contributed by atoms with van der Waals surface area (Å²) in [6, 6.07) is 4.56. The van der Waals surface area contributed by atoms with E-state index in [0.717, 1.165) is 0 Å². The molecule has 0 saturated carbocycles. The van der Waals surface area contributed by atoms with Crippen LogP contribution in [-0.4, -0.2) is 21.2 Å². The van der Waals surface area contributed by atoms with Gasteiger partial charge in [-0.15, -0.1) is 0 Å².